The Hall–Kier alpha value is -1.14. The Morgan fingerprint density at radius 2 is 2.12 bits per heavy atom. The molecule has 0 atom stereocenters. The Kier molecular flexibility index (Phi) is 5.37. The van der Waals surface area contributed by atoms with Crippen molar-refractivity contribution in [1.82, 2.24) is 9.97 Å². The van der Waals surface area contributed by atoms with Gasteiger partial charge in [0, 0.05) is 18.8 Å². The quantitative estimate of drug-likeness (QED) is 0.456. The Morgan fingerprint density at radius 3 is 2.65 bits per heavy atom. The highest BCUT2D eigenvalue weighted by atomic mass is 32.2. The molecule has 0 unspecified atom stereocenters. The zero-order valence-corrected chi connectivity index (χ0v) is 10.8. The Bertz CT molecular complexity index is 410. The van der Waals surface area contributed by atoms with Crippen molar-refractivity contribution in [2.45, 2.75) is 31.7 Å². The molecular weight excluding hydrogens is 240 g/mol. The molecule has 1 heterocycles. The molecule has 0 aromatic carbocycles. The highest BCUT2D eigenvalue weighted by Crippen LogP contribution is 2.23. The van der Waals surface area contributed by atoms with Gasteiger partial charge in [-0.2, -0.15) is 0 Å². The van der Waals surface area contributed by atoms with E-state index in [9.17, 15) is 4.79 Å². The fraction of sp³-hybridized carbons (Fsp3) is 0.545. The van der Waals surface area contributed by atoms with Crippen LogP contribution in [0.4, 0.5) is 0 Å². The molecule has 0 saturated heterocycles. The van der Waals surface area contributed by atoms with Crippen LogP contribution in [0.2, 0.25) is 0 Å². The maximum Gasteiger partial charge on any atom is 0.340 e. The van der Waals surface area contributed by atoms with Gasteiger partial charge in [-0.05, 0) is 13.3 Å². The topological polar surface area (TPSA) is 83.3 Å². The zero-order valence-electron chi connectivity index (χ0n) is 9.93. The fourth-order valence-corrected chi connectivity index (χ4v) is 2.36. The van der Waals surface area contributed by atoms with Crippen molar-refractivity contribution < 1.29 is 15.0 Å². The monoisotopic (exact) mass is 256 g/mol. The molecule has 1 rings (SSSR count). The highest BCUT2D eigenvalue weighted by molar-refractivity contribution is 7.99. The molecule has 0 aliphatic rings. The Labute approximate surface area is 104 Å². The summed E-state index contributed by atoms with van der Waals surface area (Å²) in [6.07, 6.45) is 1.29. The number of nitrogens with zero attached hydrogens (tertiary/aromatic N) is 2. The molecule has 0 amide bonds. The maximum absolute atomic E-state index is 11.1. The first-order valence-corrected chi connectivity index (χ1v) is 6.43. The van der Waals surface area contributed by atoms with Crippen molar-refractivity contribution in [3.8, 4) is 0 Å². The van der Waals surface area contributed by atoms with Crippen molar-refractivity contribution in [1.29, 1.82) is 0 Å². The van der Waals surface area contributed by atoms with E-state index >= 15 is 0 Å². The summed E-state index contributed by atoms with van der Waals surface area (Å²) in [6, 6.07) is 0. The number of hydrogen-bond donors (Lipinski definition) is 2. The minimum atomic E-state index is -1.00. The number of thioether (sulfide) groups is 1. The number of carboxylic acid groups (broad SMARTS) is 1. The summed E-state index contributed by atoms with van der Waals surface area (Å²) in [5.74, 6) is 0.298. The number of aliphatic hydroxyl groups excluding tert-OH is 1. The second-order valence-electron chi connectivity index (χ2n) is 3.49. The molecule has 0 aliphatic carbocycles. The molecule has 94 valence electrons. The summed E-state index contributed by atoms with van der Waals surface area (Å²) in [7, 11) is 0. The second-order valence-corrected chi connectivity index (χ2v) is 4.57. The zero-order chi connectivity index (χ0) is 12.8. The number of hydrogen-bond acceptors (Lipinski definition) is 5. The average Bonchev–Trinajstić information content (AvgIpc) is 2.28. The number of aryl methyl sites for hydroxylation is 2. The van der Waals surface area contributed by atoms with Gasteiger partial charge in [-0.15, -0.1) is 11.8 Å². The number of aromatic carboxylic acids is 1. The van der Waals surface area contributed by atoms with Gasteiger partial charge in [-0.3, -0.25) is 0 Å². The molecule has 0 fully saturated rings. The lowest BCUT2D eigenvalue weighted by Gasteiger charge is -2.08. The lowest BCUT2D eigenvalue weighted by molar-refractivity contribution is 0.0690. The Morgan fingerprint density at radius 1 is 1.41 bits per heavy atom. The molecule has 0 radical (unpaired) electrons. The van der Waals surface area contributed by atoms with Crippen LogP contribution in [0, 0.1) is 6.92 Å². The van der Waals surface area contributed by atoms with Crippen molar-refractivity contribution in [3.05, 3.63) is 17.1 Å². The smallest absolute Gasteiger partial charge is 0.340 e. The van der Waals surface area contributed by atoms with E-state index in [1.807, 2.05) is 6.92 Å². The van der Waals surface area contributed by atoms with Gasteiger partial charge in [0.25, 0.3) is 0 Å². The molecule has 2 N–H and O–H groups in total. The van der Waals surface area contributed by atoms with Crippen LogP contribution in [0.1, 0.15) is 35.2 Å². The summed E-state index contributed by atoms with van der Waals surface area (Å²) >= 11 is 1.35. The number of carboxylic acids is 1. The van der Waals surface area contributed by atoms with Crippen LogP contribution in [0.3, 0.4) is 0 Å². The van der Waals surface area contributed by atoms with Crippen molar-refractivity contribution in [2.75, 3.05) is 12.4 Å². The molecule has 0 bridgehead atoms. The van der Waals surface area contributed by atoms with Gasteiger partial charge in [0.05, 0.1) is 5.69 Å². The number of aromatic nitrogens is 2. The van der Waals surface area contributed by atoms with Gasteiger partial charge in [0.15, 0.2) is 0 Å². The normalized spacial score (nSPS) is 10.5. The van der Waals surface area contributed by atoms with E-state index in [4.69, 9.17) is 10.2 Å². The van der Waals surface area contributed by atoms with Gasteiger partial charge in [0.1, 0.15) is 16.4 Å². The maximum atomic E-state index is 11.1. The van der Waals surface area contributed by atoms with Crippen molar-refractivity contribution in [3.63, 3.8) is 0 Å². The highest BCUT2D eigenvalue weighted by Gasteiger charge is 2.17. The summed E-state index contributed by atoms with van der Waals surface area (Å²) in [5.41, 5.74) is 0.668. The van der Waals surface area contributed by atoms with Gasteiger partial charge in [-0.25, -0.2) is 14.8 Å². The molecule has 6 heteroatoms. The molecule has 0 saturated carbocycles. The average molecular weight is 256 g/mol. The molecule has 0 spiro atoms. The number of carbonyl (C=O) groups is 1. The molecule has 17 heavy (non-hydrogen) atoms. The van der Waals surface area contributed by atoms with Gasteiger partial charge < -0.3 is 10.2 Å². The molecule has 1 aromatic heterocycles. The predicted molar refractivity (Wildman–Crippen MR) is 65.5 cm³/mol. The van der Waals surface area contributed by atoms with E-state index < -0.39 is 5.97 Å². The second kappa shape index (κ2) is 6.56. The third-order valence-electron chi connectivity index (χ3n) is 2.17. The third-order valence-corrected chi connectivity index (χ3v) is 3.24. The Balaban J connectivity index is 3.04. The van der Waals surface area contributed by atoms with Crippen LogP contribution < -0.4 is 0 Å². The van der Waals surface area contributed by atoms with E-state index in [-0.39, 0.29) is 12.2 Å². The van der Waals surface area contributed by atoms with E-state index in [2.05, 4.69) is 9.97 Å². The number of rotatable bonds is 6. The fourth-order valence-electron chi connectivity index (χ4n) is 1.34. The van der Waals surface area contributed by atoms with Gasteiger partial charge >= 0.3 is 5.97 Å². The van der Waals surface area contributed by atoms with Crippen molar-refractivity contribution in [2.24, 2.45) is 0 Å². The molecular formula is C11H16N2O3S. The van der Waals surface area contributed by atoms with E-state index in [0.717, 1.165) is 0 Å². The lowest BCUT2D eigenvalue weighted by Crippen LogP contribution is -2.09. The van der Waals surface area contributed by atoms with Crippen molar-refractivity contribution >= 4 is 17.7 Å². The van der Waals surface area contributed by atoms with E-state index in [1.165, 1.54) is 11.8 Å². The standard InChI is InChI=1S/C11H16N2O3S/c1-3-8-12-7(2)9(11(15)16)10(13-8)17-6-4-5-14/h14H,3-6H2,1-2H3,(H,15,16). The minimum absolute atomic E-state index is 0.0973. The van der Waals surface area contributed by atoms with Crippen LogP contribution in [-0.2, 0) is 6.42 Å². The van der Waals surface area contributed by atoms with Crippen LogP contribution in [0.5, 0.6) is 0 Å². The SMILES string of the molecule is CCc1nc(C)c(C(=O)O)c(SCCCO)n1. The summed E-state index contributed by atoms with van der Waals surface area (Å²) in [4.78, 5) is 19.5. The summed E-state index contributed by atoms with van der Waals surface area (Å²) in [6.45, 7) is 3.71. The largest absolute Gasteiger partial charge is 0.478 e. The van der Waals surface area contributed by atoms with Crippen LogP contribution in [0.25, 0.3) is 0 Å². The first kappa shape index (κ1) is 13.9. The third kappa shape index (κ3) is 3.67. The molecule has 5 nitrogen and oxygen atoms in total. The van der Waals surface area contributed by atoms with Gasteiger partial charge in [0.2, 0.25) is 0 Å². The van der Waals surface area contributed by atoms with E-state index in [0.29, 0.717) is 35.1 Å². The van der Waals surface area contributed by atoms with Crippen LogP contribution in [-0.4, -0.2) is 38.5 Å². The lowest BCUT2D eigenvalue weighted by atomic mass is 10.2. The summed E-state index contributed by atoms with van der Waals surface area (Å²) < 4.78 is 0. The van der Waals surface area contributed by atoms with Crippen LogP contribution in [0.15, 0.2) is 5.03 Å². The molecule has 0 aliphatic heterocycles. The summed E-state index contributed by atoms with van der Waals surface area (Å²) in [5, 5.41) is 18.3. The first-order valence-electron chi connectivity index (χ1n) is 5.44. The first-order chi connectivity index (χ1) is 8.10. The van der Waals surface area contributed by atoms with Gasteiger partial charge in [-0.1, -0.05) is 6.92 Å². The number of aliphatic hydroxyl groups is 1. The predicted octanol–water partition coefficient (Wildman–Crippen LogP) is 1.52. The van der Waals surface area contributed by atoms with E-state index in [1.54, 1.807) is 6.92 Å². The molecule has 1 aromatic rings. The van der Waals surface area contributed by atoms with Crippen LogP contribution >= 0.6 is 11.8 Å². The minimum Gasteiger partial charge on any atom is -0.478 e.